The Morgan fingerprint density at radius 3 is 1.59 bits per heavy atom. The van der Waals surface area contributed by atoms with Gasteiger partial charge in [-0.1, -0.05) is 84.0 Å². The summed E-state index contributed by atoms with van der Waals surface area (Å²) in [5.41, 5.74) is 12.2. The fourth-order valence-corrected chi connectivity index (χ4v) is 7.27. The first kappa shape index (κ1) is 59.1. The zero-order valence-corrected chi connectivity index (χ0v) is 47.1. The number of phenolic OH excluding ortho intramolecular Hbond substituents is 4. The number of nitrogens with zero attached hydrogens (tertiary/aromatic N) is 2. The number of benzene rings is 5. The van der Waals surface area contributed by atoms with Gasteiger partial charge >= 0.3 is 3.18 Å². The van der Waals surface area contributed by atoms with Crippen LogP contribution in [0, 0.1) is 0 Å². The molecule has 0 saturated carbocycles. The minimum atomic E-state index is -0.697. The summed E-state index contributed by atoms with van der Waals surface area (Å²) in [6.45, 7) is 11.7. The van der Waals surface area contributed by atoms with Crippen LogP contribution in [0.2, 0.25) is 0 Å². The number of methoxy groups -OCH3 is 1. The molecule has 0 atom stereocenters. The molecule has 0 bridgehead atoms. The van der Waals surface area contributed by atoms with Gasteiger partial charge in [-0.15, -0.1) is 70.5 Å². The Morgan fingerprint density at radius 2 is 1.05 bits per heavy atom. The molecule has 3 aliphatic carbocycles. The maximum Gasteiger partial charge on any atom is 0.369 e. The number of rotatable bonds is 1. The normalized spacial score (nSPS) is 13.2. The third-order valence-electron chi connectivity index (χ3n) is 10.7. The number of carbonyl (C=O) groups is 6. The Labute approximate surface area is 463 Å². The molecule has 0 fully saturated rings. The van der Waals surface area contributed by atoms with E-state index >= 15 is 0 Å². The lowest BCUT2D eigenvalue weighted by Gasteiger charge is -2.14. The van der Waals surface area contributed by atoms with Crippen LogP contribution in [-0.4, -0.2) is 80.7 Å². The molecule has 0 saturated heterocycles. The Hall–Kier alpha value is -6.78. The molecule has 0 spiro atoms. The van der Waals surface area contributed by atoms with Gasteiger partial charge in [0, 0.05) is 51.1 Å². The van der Waals surface area contributed by atoms with Crippen molar-refractivity contribution in [2.75, 3.05) is 12.4 Å². The number of Topliss-reactive ketones (excluding diaryl/α,β-unsaturated/α-hetero) is 4. The highest BCUT2D eigenvalue weighted by Crippen LogP contribution is 2.42. The number of aromatic nitrogens is 2. The van der Waals surface area contributed by atoms with Crippen LogP contribution < -0.4 is 16.2 Å². The van der Waals surface area contributed by atoms with Crippen molar-refractivity contribution in [3.8, 4) is 40.1 Å². The smallest absolute Gasteiger partial charge is 0.369 e. The van der Waals surface area contributed by atoms with Gasteiger partial charge in [-0.05, 0) is 30.3 Å². The summed E-state index contributed by atoms with van der Waals surface area (Å²) in [5, 5.41) is 40.6. The highest BCUT2D eigenvalue weighted by atomic mass is 79.9. The average molecular weight is 1260 g/mol. The van der Waals surface area contributed by atoms with Crippen LogP contribution in [-0.2, 0) is 10.8 Å². The molecule has 0 amide bonds. The fraction of sp³-hybridized carbons (Fsp3) is 0.192. The SMILES string of the molecule is BrB(Br)Br.CC(C)(C)c1nc2c(o1)-c1c(O)cccc1C(=O)C2=O.CC(C)(C)c1nc2cc(O)c3cccc(O)c3c2o1.COc1cccc2c1C(=O)C(N)=CC2=O.ClCCl.NC1=CC(=O)c2cccc(O)c2C1=O. The summed E-state index contributed by atoms with van der Waals surface area (Å²) in [5.74, 6) is -1.49. The molecular weight excluding hydrogens is 1210 g/mol. The number of aromatic hydroxyl groups is 4. The van der Waals surface area contributed by atoms with Gasteiger partial charge in [0.2, 0.25) is 29.1 Å². The van der Waals surface area contributed by atoms with E-state index in [1.165, 1.54) is 43.5 Å². The summed E-state index contributed by atoms with van der Waals surface area (Å²) in [7, 11) is 1.45. The maximum atomic E-state index is 12.1. The Morgan fingerprint density at radius 1 is 0.600 bits per heavy atom. The second-order valence-electron chi connectivity index (χ2n) is 18.0. The summed E-state index contributed by atoms with van der Waals surface area (Å²) >= 11 is 18.8. The van der Waals surface area contributed by atoms with Crippen molar-refractivity contribution in [3.63, 3.8) is 0 Å². The Balaban J connectivity index is 0.000000179. The lowest BCUT2D eigenvalue weighted by Crippen LogP contribution is -2.22. The largest absolute Gasteiger partial charge is 0.507 e. The van der Waals surface area contributed by atoms with Crippen molar-refractivity contribution in [1.82, 2.24) is 9.97 Å². The summed E-state index contributed by atoms with van der Waals surface area (Å²) in [6.07, 6.45) is 2.22. The summed E-state index contributed by atoms with van der Waals surface area (Å²) in [4.78, 5) is 78.8. The van der Waals surface area contributed by atoms with E-state index in [4.69, 9.17) is 48.2 Å². The number of ketones is 6. The van der Waals surface area contributed by atoms with Crippen LogP contribution in [0.3, 0.4) is 0 Å². The van der Waals surface area contributed by atoms with Gasteiger partial charge in [0.15, 0.2) is 28.6 Å². The topological polar surface area (TPSA) is 297 Å². The van der Waals surface area contributed by atoms with Gasteiger partial charge in [-0.2, -0.15) is 0 Å². The molecule has 0 unspecified atom stereocenters. The van der Waals surface area contributed by atoms with Crippen LogP contribution in [0.4, 0.5) is 0 Å². The van der Waals surface area contributed by atoms with E-state index in [9.17, 15) is 49.2 Å². The number of hydrogen-bond acceptors (Lipinski definition) is 17. The number of alkyl halides is 2. The van der Waals surface area contributed by atoms with E-state index in [0.717, 1.165) is 12.2 Å². The molecule has 2 heterocycles. The quantitative estimate of drug-likeness (QED) is 0.0506. The van der Waals surface area contributed by atoms with E-state index < -0.39 is 22.8 Å². The zero-order valence-electron chi connectivity index (χ0n) is 40.8. The van der Waals surface area contributed by atoms with Crippen LogP contribution in [0.5, 0.6) is 28.7 Å². The molecule has 5 aromatic carbocycles. The number of phenols is 4. The molecule has 17 nitrogen and oxygen atoms in total. The molecule has 8 N–H and O–H groups in total. The van der Waals surface area contributed by atoms with E-state index in [-0.39, 0.29) is 105 Å². The first-order valence-corrected chi connectivity index (χ1v) is 25.7. The minimum absolute atomic E-state index is 0.00231. The molecule has 2 aromatic heterocycles. The second-order valence-corrected chi connectivity index (χ2v) is 25.3. The molecule has 390 valence electrons. The standard InChI is InChI=1S/C15H13NO4.C15H15NO3.C11H9NO3.C10H7NO3.CH2Cl2.BBr3/c1-15(2,3)14-16-10-12(19)11(18)7-5-4-6-8(17)9(7)13(10)20-14;1-15(2,3)14-16-9-7-11(18)8-5-4-6-10(17)12(8)13(9)19-14;1-15-9-4-2-3-6-8(13)5-7(12)11(14)10(6)9;11-6-4-8(13)5-2-1-3-7(12)9(5)10(6)14;2-1-3;2-1(3)4/h4-6,17H,1-3H3;4-7,17-18H,1-3H3;2-5H,12H2,1H3;1-4,12H,11H2;1H2;. The van der Waals surface area contributed by atoms with E-state index in [1.54, 1.807) is 42.5 Å². The van der Waals surface area contributed by atoms with Crippen LogP contribution in [0.15, 0.2) is 111 Å². The van der Waals surface area contributed by atoms with Crippen molar-refractivity contribution in [1.29, 1.82) is 0 Å². The Bertz CT molecular complexity index is 3480. The van der Waals surface area contributed by atoms with Gasteiger partial charge in [-0.3, -0.25) is 28.8 Å². The van der Waals surface area contributed by atoms with E-state index in [1.807, 2.05) is 41.5 Å². The fourth-order valence-electron chi connectivity index (χ4n) is 7.27. The number of oxazole rings is 2. The molecule has 23 heteroatoms. The predicted octanol–water partition coefficient (Wildman–Crippen LogP) is 11.5. The maximum absolute atomic E-state index is 12.1. The number of fused-ring (bicyclic) bond motifs is 8. The molecule has 7 aromatic rings. The molecule has 0 aliphatic heterocycles. The van der Waals surface area contributed by atoms with Crippen LogP contribution in [0.1, 0.15) is 116 Å². The highest BCUT2D eigenvalue weighted by molar-refractivity contribution is 9.69. The van der Waals surface area contributed by atoms with Gasteiger partial charge in [0.1, 0.15) is 34.3 Å². The van der Waals surface area contributed by atoms with Crippen molar-refractivity contribution in [3.05, 3.63) is 148 Å². The van der Waals surface area contributed by atoms with E-state index in [0.29, 0.717) is 45.0 Å². The van der Waals surface area contributed by atoms with Crippen molar-refractivity contribution < 1.29 is 62.8 Å². The van der Waals surface area contributed by atoms with Gasteiger partial charge in [0.05, 0.1) is 45.9 Å². The Kier molecular flexibility index (Phi) is 19.1. The number of nitrogens with two attached hydrogens (primary N) is 2. The lowest BCUT2D eigenvalue weighted by atomic mass is 9.90. The number of hydrogen-bond donors (Lipinski definition) is 6. The second kappa shape index (κ2) is 24.3. The number of carbonyl (C=O) groups excluding carboxylic acids is 6. The zero-order chi connectivity index (χ0) is 56.0. The van der Waals surface area contributed by atoms with Crippen molar-refractivity contribution >= 4 is 130 Å². The number of allylic oxidation sites excluding steroid dienone is 4. The molecule has 75 heavy (non-hydrogen) atoms. The van der Waals surface area contributed by atoms with Crippen LogP contribution >= 0.6 is 70.5 Å². The summed E-state index contributed by atoms with van der Waals surface area (Å²) in [6, 6.07) is 20.2. The predicted molar refractivity (Wildman–Crippen MR) is 297 cm³/mol. The van der Waals surface area contributed by atoms with Gasteiger partial charge < -0.3 is 45.5 Å². The monoisotopic (exact) mass is 1250 g/mol. The molecule has 3 aliphatic rings. The third kappa shape index (κ3) is 13.2. The molecule has 10 rings (SSSR count). The third-order valence-corrected chi connectivity index (χ3v) is 10.7. The first-order chi connectivity index (χ1) is 35.1. The average Bonchev–Trinajstić information content (AvgIpc) is 3.99. The first-order valence-electron chi connectivity index (χ1n) is 21.9. The molecule has 0 radical (unpaired) electrons. The van der Waals surface area contributed by atoms with Gasteiger partial charge in [0.25, 0.3) is 5.78 Å². The number of halogens is 5. The molecular formula is C52H46BBr3Cl2N4O13. The van der Waals surface area contributed by atoms with Crippen molar-refractivity contribution in [2.24, 2.45) is 11.5 Å². The lowest BCUT2D eigenvalue weighted by molar-refractivity contribution is 0.0812. The minimum Gasteiger partial charge on any atom is -0.507 e. The highest BCUT2D eigenvalue weighted by Gasteiger charge is 2.39. The van der Waals surface area contributed by atoms with Gasteiger partial charge in [-0.25, -0.2) is 9.97 Å². The van der Waals surface area contributed by atoms with Crippen molar-refractivity contribution in [2.45, 2.75) is 52.4 Å². The summed E-state index contributed by atoms with van der Waals surface area (Å²) < 4.78 is 16.7. The van der Waals surface area contributed by atoms with Crippen LogP contribution in [0.25, 0.3) is 33.2 Å². The van der Waals surface area contributed by atoms with E-state index in [2.05, 4.69) is 57.2 Å². The number of ether oxygens (including phenoxy) is 1.